The van der Waals surface area contributed by atoms with Crippen LogP contribution in [0.5, 0.6) is 0 Å². The van der Waals surface area contributed by atoms with Crippen LogP contribution in [0.3, 0.4) is 0 Å². The molecule has 1 rings (SSSR count). The molecule has 0 aromatic heterocycles. The second kappa shape index (κ2) is 18.1. The van der Waals surface area contributed by atoms with E-state index in [0.717, 1.165) is 0 Å². The van der Waals surface area contributed by atoms with Crippen molar-refractivity contribution in [2.45, 2.75) is 38.5 Å². The molecule has 0 aliphatic carbocycles. The molecule has 0 N–H and O–H groups in total. The van der Waals surface area contributed by atoms with Gasteiger partial charge in [0.05, 0.1) is 36.4 Å². The summed E-state index contributed by atoms with van der Waals surface area (Å²) in [4.78, 5) is 0. The zero-order valence-corrected chi connectivity index (χ0v) is 28.2. The summed E-state index contributed by atoms with van der Waals surface area (Å²) >= 11 is 0. The van der Waals surface area contributed by atoms with Crippen LogP contribution >= 0.6 is 22.5 Å². The van der Waals surface area contributed by atoms with Crippen LogP contribution in [0.25, 0.3) is 0 Å². The van der Waals surface area contributed by atoms with Crippen LogP contribution in [0, 0.1) is 68.0 Å². The van der Waals surface area contributed by atoms with Crippen molar-refractivity contribution < 1.29 is 0 Å². The van der Waals surface area contributed by atoms with Crippen molar-refractivity contribution in [1.82, 2.24) is 28.0 Å². The van der Waals surface area contributed by atoms with Gasteiger partial charge in [-0.1, -0.05) is 0 Å². The normalized spacial score (nSPS) is 16.4. The number of nitrogens with zero attached hydrogens (tertiary/aromatic N) is 15. The highest BCUT2D eigenvalue weighted by Crippen LogP contribution is 2.82. The quantitative estimate of drug-likeness (QED) is 0.185. The smallest absolute Gasteiger partial charge is 0.220 e. The monoisotopic (exact) mass is 633 g/mol. The van der Waals surface area contributed by atoms with E-state index >= 15 is 0 Å². The molecule has 42 heavy (non-hydrogen) atoms. The third kappa shape index (κ3) is 8.71. The second-order valence-electron chi connectivity index (χ2n) is 9.61. The van der Waals surface area contributed by atoms with Gasteiger partial charge in [0.25, 0.3) is 0 Å². The Kier molecular flexibility index (Phi) is 16.2. The van der Waals surface area contributed by atoms with Crippen LogP contribution in [-0.2, 0) is 0 Å². The summed E-state index contributed by atoms with van der Waals surface area (Å²) in [6.45, 7) is 2.18. The van der Waals surface area contributed by atoms with Gasteiger partial charge < -0.3 is 0 Å². The number of rotatable bonds is 18. The van der Waals surface area contributed by atoms with E-state index in [2.05, 4.69) is 36.4 Å². The topological polar surface area (TPSA) is 199 Å². The highest BCUT2D eigenvalue weighted by molar-refractivity contribution is 7.83. The maximum Gasteiger partial charge on any atom is 0.220 e. The molecule has 1 heterocycles. The Balaban J connectivity index is 4.53. The van der Waals surface area contributed by atoms with Crippen molar-refractivity contribution in [3.63, 3.8) is 0 Å². The van der Waals surface area contributed by atoms with Crippen molar-refractivity contribution in [1.29, 1.82) is 31.6 Å². The molecule has 0 aromatic rings. The Morgan fingerprint density at radius 1 is 0.357 bits per heavy atom. The Bertz CT molecular complexity index is 1070. The SMILES string of the molecule is CN(CCC#N)P1(N(C)CCC#N)=NP(N(C)CCC#N)(N(C)CCC#N)=NP(N(C)CCC#N)(N(C)CCC#N)=N1. The largest absolute Gasteiger partial charge is 0.242 e. The first-order valence-corrected chi connectivity index (χ1v) is 18.2. The molecule has 0 saturated heterocycles. The Hall–Kier alpha value is -2.61. The first kappa shape index (κ1) is 37.4. The van der Waals surface area contributed by atoms with Gasteiger partial charge in [0.15, 0.2) is 0 Å². The predicted molar refractivity (Wildman–Crippen MR) is 165 cm³/mol. The minimum Gasteiger partial charge on any atom is -0.242 e. The lowest BCUT2D eigenvalue weighted by molar-refractivity contribution is 0.438. The highest BCUT2D eigenvalue weighted by Gasteiger charge is 2.47. The maximum atomic E-state index is 9.48. The summed E-state index contributed by atoms with van der Waals surface area (Å²) in [6.07, 6.45) is 1.37. The molecule has 1 aliphatic rings. The molecule has 1 aliphatic heterocycles. The first-order chi connectivity index (χ1) is 20.0. The lowest BCUT2D eigenvalue weighted by Crippen LogP contribution is -2.35. The summed E-state index contributed by atoms with van der Waals surface area (Å²) in [5.41, 5.74) is 0. The van der Waals surface area contributed by atoms with E-state index in [4.69, 9.17) is 13.5 Å². The number of hydrogen-bond acceptors (Lipinski definition) is 15. The minimum atomic E-state index is -3.10. The molecule has 0 radical (unpaired) electrons. The van der Waals surface area contributed by atoms with Crippen molar-refractivity contribution in [3.05, 3.63) is 0 Å². The van der Waals surface area contributed by atoms with Crippen LogP contribution in [0.15, 0.2) is 13.5 Å². The van der Waals surface area contributed by atoms with Crippen molar-refractivity contribution in [2.24, 2.45) is 13.5 Å². The van der Waals surface area contributed by atoms with E-state index in [1.165, 1.54) is 0 Å². The molecule has 0 spiro atoms. The van der Waals surface area contributed by atoms with E-state index in [0.29, 0.717) is 39.3 Å². The summed E-state index contributed by atoms with van der Waals surface area (Å²) < 4.78 is 28.7. The fourth-order valence-corrected chi connectivity index (χ4v) is 19.8. The molecule has 0 unspecified atom stereocenters. The van der Waals surface area contributed by atoms with Gasteiger partial charge in [-0.15, -0.1) is 0 Å². The molecular formula is C24H42N15P3. The molecule has 0 aromatic carbocycles. The van der Waals surface area contributed by atoms with Gasteiger partial charge in [-0.2, -0.15) is 45.1 Å². The van der Waals surface area contributed by atoms with E-state index in [9.17, 15) is 31.6 Å². The van der Waals surface area contributed by atoms with Gasteiger partial charge in [-0.05, 0) is 42.3 Å². The minimum absolute atomic E-state index is 0.229. The zero-order valence-electron chi connectivity index (χ0n) is 25.5. The summed E-state index contributed by atoms with van der Waals surface area (Å²) in [5, 5.41) is 56.9. The van der Waals surface area contributed by atoms with E-state index in [-0.39, 0.29) is 38.5 Å². The Morgan fingerprint density at radius 2 is 0.500 bits per heavy atom. The molecule has 0 fully saturated rings. The summed E-state index contributed by atoms with van der Waals surface area (Å²) in [7, 11) is 1.99. The van der Waals surface area contributed by atoms with Crippen molar-refractivity contribution >= 4 is 22.5 Å². The van der Waals surface area contributed by atoms with Crippen molar-refractivity contribution in [3.8, 4) is 36.4 Å². The van der Waals surface area contributed by atoms with Gasteiger partial charge in [0.1, 0.15) is 0 Å². The standard InChI is InChI=1S/C24H42N15P3/c1-34(19-7-13-25)40(35(2)20-8-14-26)31-41(36(3)21-9-15-27,37(4)22-10-16-28)33-42(32-40,38(5)23-11-17-29)39(6)24-12-18-30/h7-12,19-24H2,1-6H3. The predicted octanol–water partition coefficient (Wildman–Crippen LogP) is 4.91. The van der Waals surface area contributed by atoms with E-state index in [1.807, 2.05) is 70.3 Å². The molecule has 0 atom stereocenters. The number of nitriles is 6. The fourth-order valence-electron chi connectivity index (χ4n) is 4.21. The van der Waals surface area contributed by atoms with Crippen molar-refractivity contribution in [2.75, 3.05) is 81.6 Å². The summed E-state index contributed by atoms with van der Waals surface area (Å²) in [5.74, 6) is 0. The zero-order chi connectivity index (χ0) is 31.8. The Labute approximate surface area is 252 Å². The van der Waals surface area contributed by atoms with Crippen LogP contribution in [0.4, 0.5) is 0 Å². The van der Waals surface area contributed by atoms with Gasteiger partial charge in [-0.3, -0.25) is 0 Å². The highest BCUT2D eigenvalue weighted by atomic mass is 31.3. The third-order valence-electron chi connectivity index (χ3n) is 6.75. The van der Waals surface area contributed by atoms with Crippen LogP contribution in [0.2, 0.25) is 0 Å². The molecule has 0 saturated carbocycles. The number of hydrogen-bond donors (Lipinski definition) is 0. The van der Waals surface area contributed by atoms with E-state index in [1.54, 1.807) is 0 Å². The van der Waals surface area contributed by atoms with Gasteiger partial charge >= 0.3 is 0 Å². The summed E-state index contributed by atoms with van der Waals surface area (Å²) in [6, 6.07) is 13.3. The van der Waals surface area contributed by atoms with Crippen LogP contribution < -0.4 is 0 Å². The molecule has 15 nitrogen and oxygen atoms in total. The maximum absolute atomic E-state index is 9.48. The lowest BCUT2D eigenvalue weighted by Gasteiger charge is -2.50. The molecule has 0 amide bonds. The molecule has 0 bridgehead atoms. The van der Waals surface area contributed by atoms with Gasteiger partial charge in [0, 0.05) is 77.8 Å². The lowest BCUT2D eigenvalue weighted by atomic mass is 10.5. The average molecular weight is 634 g/mol. The van der Waals surface area contributed by atoms with Gasteiger partial charge in [-0.25, -0.2) is 28.0 Å². The molecule has 228 valence electrons. The fraction of sp³-hybridized carbons (Fsp3) is 0.750. The molecular weight excluding hydrogens is 591 g/mol. The average Bonchev–Trinajstić information content (AvgIpc) is 3.00. The second-order valence-corrected chi connectivity index (χ2v) is 19.1. The first-order valence-electron chi connectivity index (χ1n) is 13.4. The van der Waals surface area contributed by atoms with Crippen LogP contribution in [0.1, 0.15) is 38.5 Å². The Morgan fingerprint density at radius 3 is 0.619 bits per heavy atom. The van der Waals surface area contributed by atoms with Gasteiger partial charge in [0.2, 0.25) is 22.5 Å². The van der Waals surface area contributed by atoms with Crippen LogP contribution in [-0.4, -0.2) is 110 Å². The van der Waals surface area contributed by atoms with E-state index < -0.39 is 22.5 Å². The molecule has 18 heteroatoms. The third-order valence-corrected chi connectivity index (χ3v) is 19.2.